The van der Waals surface area contributed by atoms with E-state index < -0.39 is 5.03 Å². The SMILES string of the molecule is CN=C(NCc1ccc(Cl)[n+]([O-])c1)N[N+](=O)[O-]. The highest BCUT2D eigenvalue weighted by atomic mass is 35.5. The van der Waals surface area contributed by atoms with Gasteiger partial charge in [0.15, 0.2) is 11.2 Å². The van der Waals surface area contributed by atoms with Crippen LogP contribution in [-0.2, 0) is 6.54 Å². The summed E-state index contributed by atoms with van der Waals surface area (Å²) in [7, 11) is 1.40. The summed E-state index contributed by atoms with van der Waals surface area (Å²) in [6.45, 7) is 0.215. The van der Waals surface area contributed by atoms with Crippen LogP contribution in [-0.4, -0.2) is 18.0 Å². The van der Waals surface area contributed by atoms with Gasteiger partial charge in [0.2, 0.25) is 0 Å². The highest BCUT2D eigenvalue weighted by molar-refractivity contribution is 6.28. The Morgan fingerprint density at radius 2 is 2.35 bits per heavy atom. The van der Waals surface area contributed by atoms with Gasteiger partial charge >= 0.3 is 0 Å². The number of halogens is 1. The van der Waals surface area contributed by atoms with Gasteiger partial charge in [0.05, 0.1) is 0 Å². The van der Waals surface area contributed by atoms with E-state index in [1.807, 2.05) is 5.43 Å². The fourth-order valence-corrected chi connectivity index (χ4v) is 1.16. The molecule has 0 bridgehead atoms. The van der Waals surface area contributed by atoms with Crippen LogP contribution in [0.25, 0.3) is 0 Å². The Balaban J connectivity index is 2.60. The zero-order chi connectivity index (χ0) is 12.8. The summed E-state index contributed by atoms with van der Waals surface area (Å²) in [5.74, 6) is 0.00222. The fourth-order valence-electron chi connectivity index (χ4n) is 1.05. The summed E-state index contributed by atoms with van der Waals surface area (Å²) in [6.07, 6.45) is 1.27. The molecule has 1 aromatic heterocycles. The van der Waals surface area contributed by atoms with Crippen molar-refractivity contribution in [3.8, 4) is 0 Å². The van der Waals surface area contributed by atoms with Crippen molar-refractivity contribution in [1.29, 1.82) is 0 Å². The second-order valence-electron chi connectivity index (χ2n) is 2.98. The Kier molecular flexibility index (Phi) is 4.46. The van der Waals surface area contributed by atoms with Crippen molar-refractivity contribution in [2.45, 2.75) is 6.54 Å². The molecule has 0 unspecified atom stereocenters. The zero-order valence-electron chi connectivity index (χ0n) is 8.88. The molecule has 17 heavy (non-hydrogen) atoms. The summed E-state index contributed by atoms with van der Waals surface area (Å²) < 4.78 is 0.502. The minimum absolute atomic E-state index is 0.00222. The third-order valence-electron chi connectivity index (χ3n) is 1.81. The molecule has 9 heteroatoms. The summed E-state index contributed by atoms with van der Waals surface area (Å²) in [5, 5.41) is 23.3. The molecule has 0 fully saturated rings. The number of rotatable bonds is 3. The molecule has 0 aromatic carbocycles. The smallest absolute Gasteiger partial charge is 0.286 e. The van der Waals surface area contributed by atoms with E-state index in [4.69, 9.17) is 11.6 Å². The van der Waals surface area contributed by atoms with Crippen molar-refractivity contribution in [1.82, 2.24) is 10.7 Å². The zero-order valence-corrected chi connectivity index (χ0v) is 9.64. The average Bonchev–Trinajstić information content (AvgIpc) is 2.28. The summed E-state index contributed by atoms with van der Waals surface area (Å²) in [6, 6.07) is 3.07. The lowest BCUT2D eigenvalue weighted by atomic mass is 10.3. The number of hydrazine groups is 1. The molecule has 1 heterocycles. The van der Waals surface area contributed by atoms with Crippen LogP contribution < -0.4 is 15.5 Å². The third-order valence-corrected chi connectivity index (χ3v) is 2.10. The number of hydrogen-bond acceptors (Lipinski definition) is 4. The van der Waals surface area contributed by atoms with Gasteiger partial charge < -0.3 is 10.5 Å². The third kappa shape index (κ3) is 4.11. The highest BCUT2D eigenvalue weighted by Crippen LogP contribution is 2.02. The van der Waals surface area contributed by atoms with Gasteiger partial charge in [-0.2, -0.15) is 4.73 Å². The van der Waals surface area contributed by atoms with E-state index >= 15 is 0 Å². The molecule has 0 radical (unpaired) electrons. The lowest BCUT2D eigenvalue weighted by Crippen LogP contribution is -2.40. The van der Waals surface area contributed by atoms with Gasteiger partial charge in [-0.25, -0.2) is 10.1 Å². The molecule has 0 amide bonds. The number of nitro groups is 1. The molecule has 1 aromatic rings. The van der Waals surface area contributed by atoms with Crippen LogP contribution in [0.2, 0.25) is 5.15 Å². The van der Waals surface area contributed by atoms with Gasteiger partial charge in [0, 0.05) is 25.2 Å². The van der Waals surface area contributed by atoms with E-state index in [0.717, 1.165) is 0 Å². The van der Waals surface area contributed by atoms with Crippen molar-refractivity contribution >= 4 is 17.6 Å². The Morgan fingerprint density at radius 3 is 2.88 bits per heavy atom. The molecule has 0 saturated carbocycles. The first-order valence-electron chi connectivity index (χ1n) is 4.52. The van der Waals surface area contributed by atoms with Crippen LogP contribution in [0, 0.1) is 15.3 Å². The number of nitrogens with one attached hydrogen (secondary N) is 2. The number of nitrogens with zero attached hydrogens (tertiary/aromatic N) is 3. The van der Waals surface area contributed by atoms with Gasteiger partial charge in [-0.05, 0) is 17.7 Å². The van der Waals surface area contributed by atoms with Crippen LogP contribution in [0.15, 0.2) is 23.3 Å². The first-order valence-corrected chi connectivity index (χ1v) is 4.90. The van der Waals surface area contributed by atoms with Crippen LogP contribution >= 0.6 is 11.6 Å². The molecule has 0 spiro atoms. The molecule has 1 rings (SSSR count). The maximum absolute atomic E-state index is 11.1. The Bertz CT molecular complexity index is 451. The number of guanidine groups is 1. The van der Waals surface area contributed by atoms with E-state index in [0.29, 0.717) is 10.3 Å². The number of aliphatic imine (C=N–C) groups is 1. The van der Waals surface area contributed by atoms with Crippen LogP contribution in [0.5, 0.6) is 0 Å². The standard InChI is InChI=1S/C8H10ClN5O3/c1-10-8(12-14(16)17)11-4-6-2-3-7(9)13(15)5-6/h2-3,5H,4H2,1H3,(H2,10,11,12). The fraction of sp³-hybridized carbons (Fsp3) is 0.250. The van der Waals surface area contributed by atoms with Gasteiger partial charge in [-0.15, -0.1) is 0 Å². The predicted molar refractivity (Wildman–Crippen MR) is 60.7 cm³/mol. The van der Waals surface area contributed by atoms with E-state index in [2.05, 4.69) is 10.3 Å². The second kappa shape index (κ2) is 5.85. The van der Waals surface area contributed by atoms with Gasteiger partial charge in [-0.3, -0.25) is 4.99 Å². The van der Waals surface area contributed by atoms with Crippen molar-refractivity contribution in [3.05, 3.63) is 44.4 Å². The topological polar surface area (TPSA) is 106 Å². The molecule has 0 aliphatic carbocycles. The van der Waals surface area contributed by atoms with Gasteiger partial charge in [0.25, 0.3) is 11.1 Å². The van der Waals surface area contributed by atoms with Crippen molar-refractivity contribution in [2.75, 3.05) is 7.05 Å². The average molecular weight is 260 g/mol. The first-order chi connectivity index (χ1) is 8.02. The molecule has 0 aliphatic heterocycles. The molecule has 2 N–H and O–H groups in total. The summed E-state index contributed by atoms with van der Waals surface area (Å²) >= 11 is 5.54. The molecule has 92 valence electrons. The lowest BCUT2D eigenvalue weighted by molar-refractivity contribution is -0.603. The first kappa shape index (κ1) is 13.0. The van der Waals surface area contributed by atoms with E-state index in [1.165, 1.54) is 19.3 Å². The maximum atomic E-state index is 11.1. The largest absolute Gasteiger partial charge is 0.618 e. The van der Waals surface area contributed by atoms with E-state index in [-0.39, 0.29) is 17.7 Å². The van der Waals surface area contributed by atoms with Gasteiger partial charge in [-0.1, -0.05) is 5.43 Å². The van der Waals surface area contributed by atoms with Crippen LogP contribution in [0.3, 0.4) is 0 Å². The van der Waals surface area contributed by atoms with Crippen molar-refractivity contribution < 1.29 is 9.76 Å². The lowest BCUT2D eigenvalue weighted by Gasteiger charge is -2.06. The number of aromatic nitrogens is 1. The molecule has 0 saturated heterocycles. The monoisotopic (exact) mass is 259 g/mol. The van der Waals surface area contributed by atoms with Crippen molar-refractivity contribution in [3.63, 3.8) is 0 Å². The minimum atomic E-state index is -0.731. The normalized spacial score (nSPS) is 11.1. The maximum Gasteiger partial charge on any atom is 0.286 e. The number of hydrogen-bond donors (Lipinski definition) is 2. The minimum Gasteiger partial charge on any atom is -0.618 e. The van der Waals surface area contributed by atoms with E-state index in [1.54, 1.807) is 6.07 Å². The van der Waals surface area contributed by atoms with Crippen LogP contribution in [0.4, 0.5) is 0 Å². The molecular formula is C8H10ClN5O3. The Morgan fingerprint density at radius 1 is 1.65 bits per heavy atom. The van der Waals surface area contributed by atoms with Gasteiger partial charge in [0.1, 0.15) is 0 Å². The predicted octanol–water partition coefficient (Wildman–Crippen LogP) is -0.170. The molecule has 8 nitrogen and oxygen atoms in total. The molecular weight excluding hydrogens is 250 g/mol. The Hall–Kier alpha value is -2.09. The Labute approximate surface area is 102 Å². The highest BCUT2D eigenvalue weighted by Gasteiger charge is 2.06. The quantitative estimate of drug-likeness (QED) is 0.149. The van der Waals surface area contributed by atoms with E-state index in [9.17, 15) is 15.3 Å². The second-order valence-corrected chi connectivity index (χ2v) is 3.37. The number of pyridine rings is 1. The van der Waals surface area contributed by atoms with Crippen molar-refractivity contribution in [2.24, 2.45) is 4.99 Å². The summed E-state index contributed by atoms with van der Waals surface area (Å²) in [5.41, 5.74) is 2.50. The summed E-state index contributed by atoms with van der Waals surface area (Å²) in [4.78, 5) is 13.8. The van der Waals surface area contributed by atoms with Crippen LogP contribution in [0.1, 0.15) is 5.56 Å². The molecule has 0 aliphatic rings. The molecule has 0 atom stereocenters.